The molecule has 1 fully saturated rings. The Morgan fingerprint density at radius 1 is 1.37 bits per heavy atom. The summed E-state index contributed by atoms with van der Waals surface area (Å²) in [5.41, 5.74) is 6.65. The van der Waals surface area contributed by atoms with E-state index in [1.54, 1.807) is 23.4 Å². The van der Waals surface area contributed by atoms with E-state index in [0.29, 0.717) is 27.2 Å². The summed E-state index contributed by atoms with van der Waals surface area (Å²) in [4.78, 5) is 0.300. The maximum atomic E-state index is 12.8. The van der Waals surface area contributed by atoms with Gasteiger partial charge in [0.05, 0.1) is 4.90 Å². The molecule has 6 heteroatoms. The molecule has 1 aromatic rings. The minimum Gasteiger partial charge on any atom is -0.398 e. The Hall–Kier alpha value is -0.590. The average molecular weight is 347 g/mol. The number of anilines is 1. The normalized spacial score (nSPS) is 19.8. The van der Waals surface area contributed by atoms with E-state index in [-0.39, 0.29) is 5.54 Å². The maximum absolute atomic E-state index is 12.8. The van der Waals surface area contributed by atoms with Gasteiger partial charge in [0.15, 0.2) is 0 Å². The summed E-state index contributed by atoms with van der Waals surface area (Å²) in [5.74, 6) is 0. The lowest BCUT2D eigenvalue weighted by Gasteiger charge is -2.31. The van der Waals surface area contributed by atoms with Crippen molar-refractivity contribution in [1.29, 1.82) is 0 Å². The van der Waals surface area contributed by atoms with Gasteiger partial charge in [-0.15, -0.1) is 0 Å². The molecule has 106 valence electrons. The van der Waals surface area contributed by atoms with E-state index >= 15 is 0 Å². The first-order valence-corrected chi connectivity index (χ1v) is 8.48. The van der Waals surface area contributed by atoms with Gasteiger partial charge in [-0.3, -0.25) is 0 Å². The van der Waals surface area contributed by atoms with Crippen LogP contribution in [0.25, 0.3) is 0 Å². The third-order valence-corrected chi connectivity index (χ3v) is 6.45. The molecule has 0 atom stereocenters. The standard InChI is InChI=1S/C13H19BrN2O2S/c1-9-11(15)7-10(14)8-12(9)19(17,18)16-6-4-5-13(16,2)3/h7-8H,4-6,15H2,1-3H3. The third kappa shape index (κ3) is 2.53. The second kappa shape index (κ2) is 4.75. The Balaban J connectivity index is 2.58. The summed E-state index contributed by atoms with van der Waals surface area (Å²) in [6, 6.07) is 3.36. The summed E-state index contributed by atoms with van der Waals surface area (Å²) in [5, 5.41) is 0. The van der Waals surface area contributed by atoms with E-state index in [1.807, 2.05) is 13.8 Å². The van der Waals surface area contributed by atoms with Gasteiger partial charge in [0, 0.05) is 22.2 Å². The minimum absolute atomic E-state index is 0.300. The number of hydrogen-bond acceptors (Lipinski definition) is 3. The number of rotatable bonds is 2. The molecule has 2 rings (SSSR count). The lowest BCUT2D eigenvalue weighted by molar-refractivity contribution is 0.291. The highest BCUT2D eigenvalue weighted by molar-refractivity contribution is 9.10. The highest BCUT2D eigenvalue weighted by Crippen LogP contribution is 2.36. The second-order valence-electron chi connectivity index (χ2n) is 5.61. The molecule has 1 saturated heterocycles. The van der Waals surface area contributed by atoms with E-state index in [2.05, 4.69) is 15.9 Å². The summed E-state index contributed by atoms with van der Waals surface area (Å²) >= 11 is 3.31. The molecule has 1 heterocycles. The predicted molar refractivity (Wildman–Crippen MR) is 80.5 cm³/mol. The predicted octanol–water partition coefficient (Wildman–Crippen LogP) is 2.90. The van der Waals surface area contributed by atoms with Gasteiger partial charge >= 0.3 is 0 Å². The quantitative estimate of drug-likeness (QED) is 0.837. The molecule has 19 heavy (non-hydrogen) atoms. The van der Waals surface area contributed by atoms with Crippen LogP contribution in [0.5, 0.6) is 0 Å². The fourth-order valence-corrected chi connectivity index (χ4v) is 5.35. The van der Waals surface area contributed by atoms with Gasteiger partial charge in [0.25, 0.3) is 0 Å². The molecule has 0 amide bonds. The molecule has 1 aliphatic rings. The topological polar surface area (TPSA) is 63.4 Å². The van der Waals surface area contributed by atoms with Crippen LogP contribution in [0.4, 0.5) is 5.69 Å². The smallest absolute Gasteiger partial charge is 0.243 e. The Kier molecular flexibility index (Phi) is 3.70. The molecule has 1 aromatic carbocycles. The summed E-state index contributed by atoms with van der Waals surface area (Å²) in [6.07, 6.45) is 1.78. The van der Waals surface area contributed by atoms with Crippen molar-refractivity contribution in [3.05, 3.63) is 22.2 Å². The van der Waals surface area contributed by atoms with E-state index < -0.39 is 10.0 Å². The number of nitrogen functional groups attached to an aromatic ring is 1. The number of nitrogens with two attached hydrogens (primary N) is 1. The molecule has 0 saturated carbocycles. The first-order valence-electron chi connectivity index (χ1n) is 6.25. The minimum atomic E-state index is -3.50. The van der Waals surface area contributed by atoms with Gasteiger partial charge in [-0.1, -0.05) is 15.9 Å². The fraction of sp³-hybridized carbons (Fsp3) is 0.538. The Morgan fingerprint density at radius 2 is 2.00 bits per heavy atom. The fourth-order valence-electron chi connectivity index (χ4n) is 2.59. The molecule has 0 aliphatic carbocycles. The highest BCUT2D eigenvalue weighted by atomic mass is 79.9. The Morgan fingerprint density at radius 3 is 2.53 bits per heavy atom. The largest absolute Gasteiger partial charge is 0.398 e. The van der Waals surface area contributed by atoms with Crippen molar-refractivity contribution in [2.45, 2.75) is 44.0 Å². The van der Waals surface area contributed by atoms with Gasteiger partial charge in [-0.2, -0.15) is 4.31 Å². The van der Waals surface area contributed by atoms with Crippen molar-refractivity contribution in [3.8, 4) is 0 Å². The zero-order valence-corrected chi connectivity index (χ0v) is 13.8. The molecule has 0 bridgehead atoms. The molecule has 0 aromatic heterocycles. The molecule has 0 unspecified atom stereocenters. The van der Waals surface area contributed by atoms with Crippen molar-refractivity contribution in [1.82, 2.24) is 4.31 Å². The molecule has 1 aliphatic heterocycles. The summed E-state index contributed by atoms with van der Waals surface area (Å²) < 4.78 is 27.9. The van der Waals surface area contributed by atoms with Crippen LogP contribution in [0.1, 0.15) is 32.3 Å². The zero-order valence-electron chi connectivity index (χ0n) is 11.4. The first-order chi connectivity index (χ1) is 8.66. The lowest BCUT2D eigenvalue weighted by Crippen LogP contribution is -2.42. The average Bonchev–Trinajstić information content (AvgIpc) is 2.63. The molecule has 0 spiro atoms. The number of nitrogens with zero attached hydrogens (tertiary/aromatic N) is 1. The molecule has 0 radical (unpaired) electrons. The summed E-state index contributed by atoms with van der Waals surface area (Å²) in [7, 11) is -3.50. The van der Waals surface area contributed by atoms with Gasteiger partial charge in [-0.25, -0.2) is 8.42 Å². The van der Waals surface area contributed by atoms with Crippen molar-refractivity contribution in [3.63, 3.8) is 0 Å². The third-order valence-electron chi connectivity index (χ3n) is 3.76. The van der Waals surface area contributed by atoms with Gasteiger partial charge in [-0.05, 0) is 51.3 Å². The van der Waals surface area contributed by atoms with Gasteiger partial charge in [0.1, 0.15) is 0 Å². The van der Waals surface area contributed by atoms with Crippen LogP contribution >= 0.6 is 15.9 Å². The van der Waals surface area contributed by atoms with Crippen LogP contribution in [0.3, 0.4) is 0 Å². The second-order valence-corrected chi connectivity index (χ2v) is 8.36. The molecule has 2 N–H and O–H groups in total. The SMILES string of the molecule is Cc1c(N)cc(Br)cc1S(=O)(=O)N1CCCC1(C)C. The molecule has 4 nitrogen and oxygen atoms in total. The van der Waals surface area contributed by atoms with E-state index in [1.165, 1.54) is 0 Å². The van der Waals surface area contributed by atoms with Gasteiger partial charge < -0.3 is 5.73 Å². The lowest BCUT2D eigenvalue weighted by atomic mass is 10.0. The van der Waals surface area contributed by atoms with Crippen LogP contribution in [0.15, 0.2) is 21.5 Å². The Bertz CT molecular complexity index is 611. The van der Waals surface area contributed by atoms with Crippen LogP contribution in [-0.2, 0) is 10.0 Å². The van der Waals surface area contributed by atoms with Crippen LogP contribution in [-0.4, -0.2) is 24.8 Å². The van der Waals surface area contributed by atoms with Gasteiger partial charge in [0.2, 0.25) is 10.0 Å². The molecular weight excluding hydrogens is 328 g/mol. The zero-order chi connectivity index (χ0) is 14.4. The monoisotopic (exact) mass is 346 g/mol. The van der Waals surface area contributed by atoms with Crippen molar-refractivity contribution in [2.75, 3.05) is 12.3 Å². The van der Waals surface area contributed by atoms with E-state index in [4.69, 9.17) is 5.73 Å². The van der Waals surface area contributed by atoms with Crippen LogP contribution in [0, 0.1) is 6.92 Å². The van der Waals surface area contributed by atoms with E-state index in [0.717, 1.165) is 12.8 Å². The highest BCUT2D eigenvalue weighted by Gasteiger charge is 2.41. The van der Waals surface area contributed by atoms with E-state index in [9.17, 15) is 8.42 Å². The number of sulfonamides is 1. The number of benzene rings is 1. The first kappa shape index (κ1) is 14.8. The van der Waals surface area contributed by atoms with Crippen molar-refractivity contribution < 1.29 is 8.42 Å². The molecular formula is C13H19BrN2O2S. The van der Waals surface area contributed by atoms with Crippen LogP contribution in [0.2, 0.25) is 0 Å². The van der Waals surface area contributed by atoms with Crippen molar-refractivity contribution >= 4 is 31.6 Å². The number of halogens is 1. The Labute approximate surface area is 123 Å². The summed E-state index contributed by atoms with van der Waals surface area (Å²) in [6.45, 7) is 6.25. The number of hydrogen-bond donors (Lipinski definition) is 1. The van der Waals surface area contributed by atoms with Crippen molar-refractivity contribution in [2.24, 2.45) is 0 Å². The van der Waals surface area contributed by atoms with Crippen LogP contribution < -0.4 is 5.73 Å². The maximum Gasteiger partial charge on any atom is 0.243 e.